The molecule has 3 N–H and O–H groups in total. The van der Waals surface area contributed by atoms with Gasteiger partial charge in [-0.25, -0.2) is 4.79 Å². The van der Waals surface area contributed by atoms with Crippen LogP contribution in [0.2, 0.25) is 0 Å². The number of nitrogens with one attached hydrogen (secondary N) is 2. The molecule has 0 spiro atoms. The molecule has 2 aliphatic rings. The first-order chi connectivity index (χ1) is 15.4. The first-order valence-corrected chi connectivity index (χ1v) is 11.0. The Bertz CT molecular complexity index is 985. The number of hydrogen-bond acceptors (Lipinski definition) is 4. The fourth-order valence-corrected chi connectivity index (χ4v) is 4.34. The van der Waals surface area contributed by atoms with Crippen LogP contribution < -0.4 is 10.6 Å². The van der Waals surface area contributed by atoms with Crippen molar-refractivity contribution >= 4 is 18.0 Å². The number of hydrogen-bond donors (Lipinski definition) is 3. The van der Waals surface area contributed by atoms with Gasteiger partial charge >= 0.3 is 12.1 Å². The van der Waals surface area contributed by atoms with E-state index in [9.17, 15) is 14.4 Å². The number of benzene rings is 2. The molecule has 7 heteroatoms. The molecule has 1 unspecified atom stereocenters. The molecule has 1 fully saturated rings. The van der Waals surface area contributed by atoms with Crippen LogP contribution in [0.5, 0.6) is 0 Å². The van der Waals surface area contributed by atoms with Gasteiger partial charge in [0.1, 0.15) is 6.61 Å². The average molecular weight is 437 g/mol. The highest BCUT2D eigenvalue weighted by atomic mass is 16.5. The standard InChI is InChI=1S/C25H28N2O5/c1-16(23(30)27-25(11-12-25)14-22(28)29)10-13-26-24(31)32-15-21-19-8-4-2-6-17(19)18-7-3-5-9-20(18)21/h2-9,16,21H,10-15H2,1H3,(H,26,31)(H,27,30)(H,28,29). The van der Waals surface area contributed by atoms with Gasteiger partial charge < -0.3 is 20.5 Å². The zero-order valence-electron chi connectivity index (χ0n) is 18.1. The third-order valence-electron chi connectivity index (χ3n) is 6.37. The first-order valence-electron chi connectivity index (χ1n) is 11.0. The summed E-state index contributed by atoms with van der Waals surface area (Å²) in [6.45, 7) is 2.32. The molecule has 1 atom stereocenters. The molecule has 0 radical (unpaired) electrons. The zero-order valence-corrected chi connectivity index (χ0v) is 18.1. The van der Waals surface area contributed by atoms with Gasteiger partial charge in [-0.05, 0) is 41.5 Å². The van der Waals surface area contributed by atoms with Gasteiger partial charge in [0, 0.05) is 18.4 Å². The number of carboxylic acid groups (broad SMARTS) is 1. The van der Waals surface area contributed by atoms with Gasteiger partial charge in [-0.3, -0.25) is 9.59 Å². The molecule has 0 aliphatic heterocycles. The summed E-state index contributed by atoms with van der Waals surface area (Å²) in [4.78, 5) is 35.5. The van der Waals surface area contributed by atoms with Crippen molar-refractivity contribution in [2.24, 2.45) is 5.92 Å². The van der Waals surface area contributed by atoms with E-state index in [-0.39, 0.29) is 30.8 Å². The molecular formula is C25H28N2O5. The Balaban J connectivity index is 1.23. The van der Waals surface area contributed by atoms with E-state index in [2.05, 4.69) is 34.9 Å². The largest absolute Gasteiger partial charge is 0.481 e. The van der Waals surface area contributed by atoms with Crippen molar-refractivity contribution < 1.29 is 24.2 Å². The number of rotatable bonds is 9. The second-order valence-electron chi connectivity index (χ2n) is 8.78. The quantitative estimate of drug-likeness (QED) is 0.556. The fraction of sp³-hybridized carbons (Fsp3) is 0.400. The Kier molecular flexibility index (Phi) is 6.17. The second-order valence-corrected chi connectivity index (χ2v) is 8.78. The molecule has 0 saturated heterocycles. The average Bonchev–Trinajstić information content (AvgIpc) is 3.43. The van der Waals surface area contributed by atoms with Crippen LogP contribution in [-0.2, 0) is 14.3 Å². The first kappa shape index (κ1) is 21.9. The summed E-state index contributed by atoms with van der Waals surface area (Å²) in [5, 5.41) is 14.5. The normalized spacial score (nSPS) is 16.4. The van der Waals surface area contributed by atoms with Crippen LogP contribution in [0.3, 0.4) is 0 Å². The Morgan fingerprint density at radius 1 is 1.06 bits per heavy atom. The number of aliphatic carboxylic acids is 1. The Hall–Kier alpha value is -3.35. The highest BCUT2D eigenvalue weighted by Crippen LogP contribution is 2.44. The summed E-state index contributed by atoms with van der Waals surface area (Å²) >= 11 is 0. The number of amides is 2. The predicted molar refractivity (Wildman–Crippen MR) is 119 cm³/mol. The van der Waals surface area contributed by atoms with Gasteiger partial charge in [-0.2, -0.15) is 0 Å². The van der Waals surface area contributed by atoms with E-state index in [1.54, 1.807) is 6.92 Å². The van der Waals surface area contributed by atoms with Crippen LogP contribution in [0.4, 0.5) is 4.79 Å². The SMILES string of the molecule is CC(CCNC(=O)OCC1c2ccccc2-c2ccccc21)C(=O)NC1(CC(=O)O)CC1. The molecule has 0 aromatic heterocycles. The lowest BCUT2D eigenvalue weighted by molar-refractivity contribution is -0.138. The number of fused-ring (bicyclic) bond motifs is 3. The van der Waals surface area contributed by atoms with Crippen molar-refractivity contribution in [1.82, 2.24) is 10.6 Å². The molecule has 168 valence electrons. The maximum absolute atomic E-state index is 12.3. The van der Waals surface area contributed by atoms with E-state index in [0.717, 1.165) is 11.1 Å². The molecule has 7 nitrogen and oxygen atoms in total. The van der Waals surface area contributed by atoms with E-state index < -0.39 is 17.6 Å². The van der Waals surface area contributed by atoms with Gasteiger partial charge in [0.05, 0.1) is 12.0 Å². The van der Waals surface area contributed by atoms with Crippen LogP contribution in [-0.4, -0.2) is 41.8 Å². The van der Waals surface area contributed by atoms with Crippen molar-refractivity contribution in [3.05, 3.63) is 59.7 Å². The van der Waals surface area contributed by atoms with Crippen molar-refractivity contribution in [2.45, 2.75) is 44.1 Å². The van der Waals surface area contributed by atoms with Crippen LogP contribution in [0.25, 0.3) is 11.1 Å². The van der Waals surface area contributed by atoms with Crippen molar-refractivity contribution in [3.63, 3.8) is 0 Å². The number of carbonyl (C=O) groups excluding carboxylic acids is 2. The molecule has 2 aromatic rings. The number of carboxylic acids is 1. The molecule has 0 bridgehead atoms. The van der Waals surface area contributed by atoms with Gasteiger partial charge in [0.15, 0.2) is 0 Å². The van der Waals surface area contributed by atoms with E-state index in [0.29, 0.717) is 25.8 Å². The third-order valence-corrected chi connectivity index (χ3v) is 6.37. The molecule has 2 aromatic carbocycles. The molecule has 2 amide bonds. The van der Waals surface area contributed by atoms with E-state index in [4.69, 9.17) is 9.84 Å². The molecule has 4 rings (SSSR count). The van der Waals surface area contributed by atoms with Gasteiger partial charge in [0.25, 0.3) is 0 Å². The minimum Gasteiger partial charge on any atom is -0.481 e. The van der Waals surface area contributed by atoms with Crippen LogP contribution in [0.1, 0.15) is 49.7 Å². The summed E-state index contributed by atoms with van der Waals surface area (Å²) in [6, 6.07) is 16.3. The van der Waals surface area contributed by atoms with Crippen LogP contribution >= 0.6 is 0 Å². The predicted octanol–water partition coefficient (Wildman–Crippen LogP) is 3.67. The Morgan fingerprint density at radius 2 is 1.66 bits per heavy atom. The molecule has 1 saturated carbocycles. The van der Waals surface area contributed by atoms with Gasteiger partial charge in [-0.15, -0.1) is 0 Å². The summed E-state index contributed by atoms with van der Waals surface area (Å²) in [5.41, 5.74) is 4.07. The Morgan fingerprint density at radius 3 is 2.22 bits per heavy atom. The summed E-state index contributed by atoms with van der Waals surface area (Å²) in [7, 11) is 0. The lowest BCUT2D eigenvalue weighted by atomic mass is 9.98. The lowest BCUT2D eigenvalue weighted by Gasteiger charge is -2.19. The highest BCUT2D eigenvalue weighted by Gasteiger charge is 2.46. The Labute approximate surface area is 187 Å². The van der Waals surface area contributed by atoms with Gasteiger partial charge in [0.2, 0.25) is 5.91 Å². The summed E-state index contributed by atoms with van der Waals surface area (Å²) < 4.78 is 5.50. The van der Waals surface area contributed by atoms with Crippen LogP contribution in [0.15, 0.2) is 48.5 Å². The highest BCUT2D eigenvalue weighted by molar-refractivity contribution is 5.81. The van der Waals surface area contributed by atoms with Gasteiger partial charge in [-0.1, -0.05) is 55.5 Å². The maximum Gasteiger partial charge on any atom is 0.407 e. The molecule has 32 heavy (non-hydrogen) atoms. The second kappa shape index (κ2) is 9.02. The van der Waals surface area contributed by atoms with Crippen LogP contribution in [0, 0.1) is 5.92 Å². The number of carbonyl (C=O) groups is 3. The van der Waals surface area contributed by atoms with Crippen molar-refractivity contribution in [3.8, 4) is 11.1 Å². The third kappa shape index (κ3) is 4.77. The van der Waals surface area contributed by atoms with Crippen molar-refractivity contribution in [2.75, 3.05) is 13.2 Å². The summed E-state index contributed by atoms with van der Waals surface area (Å²) in [5.74, 6) is -1.43. The molecule has 0 heterocycles. The van der Waals surface area contributed by atoms with Crippen molar-refractivity contribution in [1.29, 1.82) is 0 Å². The number of ether oxygens (including phenoxy) is 1. The summed E-state index contributed by atoms with van der Waals surface area (Å²) in [6.07, 6.45) is 1.26. The monoisotopic (exact) mass is 436 g/mol. The lowest BCUT2D eigenvalue weighted by Crippen LogP contribution is -2.42. The maximum atomic E-state index is 12.3. The minimum atomic E-state index is -0.910. The fourth-order valence-electron chi connectivity index (χ4n) is 4.34. The molecular weight excluding hydrogens is 408 g/mol. The van der Waals surface area contributed by atoms with E-state index in [1.165, 1.54) is 11.1 Å². The van der Waals surface area contributed by atoms with E-state index >= 15 is 0 Å². The molecule has 2 aliphatic carbocycles. The number of alkyl carbamates (subject to hydrolysis) is 1. The minimum absolute atomic E-state index is 0.00168. The zero-order chi connectivity index (χ0) is 22.7. The topological polar surface area (TPSA) is 105 Å². The smallest absolute Gasteiger partial charge is 0.407 e. The van der Waals surface area contributed by atoms with E-state index in [1.807, 2.05) is 24.3 Å².